The molecule has 21 heavy (non-hydrogen) atoms. The van der Waals surface area contributed by atoms with Gasteiger partial charge in [-0.15, -0.1) is 0 Å². The molecule has 0 aliphatic rings. The third-order valence-corrected chi connectivity index (χ3v) is 2.56. The summed E-state index contributed by atoms with van der Waals surface area (Å²) in [6.07, 6.45) is -2.63. The first-order chi connectivity index (χ1) is 10.1. The lowest BCUT2D eigenvalue weighted by Crippen LogP contribution is -2.12. The van der Waals surface area contributed by atoms with E-state index in [9.17, 15) is 8.78 Å². The monoisotopic (exact) mass is 305 g/mol. The standard InChI is InChI=1S/C14H21F2NO4/c1-18-4-5-19-6-7-20-8-9-21-13-3-2-11(17)10-12(13)14(15)16/h2-3,10,14H,4-9,17H2,1H3. The molecular weight excluding hydrogens is 284 g/mol. The van der Waals surface area contributed by atoms with Crippen LogP contribution in [-0.2, 0) is 14.2 Å². The van der Waals surface area contributed by atoms with E-state index >= 15 is 0 Å². The van der Waals surface area contributed by atoms with Gasteiger partial charge in [0.1, 0.15) is 12.4 Å². The smallest absolute Gasteiger partial charge is 0.267 e. The molecule has 0 aliphatic heterocycles. The molecule has 0 aliphatic carbocycles. The van der Waals surface area contributed by atoms with Crippen molar-refractivity contribution in [3.63, 3.8) is 0 Å². The predicted octanol–water partition coefficient (Wildman–Crippen LogP) is 2.26. The Morgan fingerprint density at radius 3 is 2.24 bits per heavy atom. The predicted molar refractivity (Wildman–Crippen MR) is 74.8 cm³/mol. The largest absolute Gasteiger partial charge is 0.491 e. The Balaban J connectivity index is 2.18. The minimum absolute atomic E-state index is 0.124. The number of ether oxygens (including phenoxy) is 4. The van der Waals surface area contributed by atoms with Gasteiger partial charge < -0.3 is 24.7 Å². The third-order valence-electron chi connectivity index (χ3n) is 2.56. The van der Waals surface area contributed by atoms with Gasteiger partial charge in [-0.3, -0.25) is 0 Å². The number of nitrogens with two attached hydrogens (primary N) is 1. The lowest BCUT2D eigenvalue weighted by Gasteiger charge is -2.12. The van der Waals surface area contributed by atoms with Crippen molar-refractivity contribution >= 4 is 5.69 Å². The summed E-state index contributed by atoms with van der Waals surface area (Å²) in [5.74, 6) is 0.124. The first-order valence-electron chi connectivity index (χ1n) is 6.60. The van der Waals surface area contributed by atoms with Gasteiger partial charge in [0.2, 0.25) is 0 Å². The molecule has 0 radical (unpaired) electrons. The molecular formula is C14H21F2NO4. The Bertz CT molecular complexity index is 405. The normalized spacial score (nSPS) is 11.0. The first-order valence-corrected chi connectivity index (χ1v) is 6.60. The average Bonchev–Trinajstić information content (AvgIpc) is 2.46. The van der Waals surface area contributed by atoms with Crippen LogP contribution in [0, 0.1) is 0 Å². The molecule has 1 aromatic carbocycles. The third kappa shape index (κ3) is 7.22. The van der Waals surface area contributed by atoms with E-state index in [2.05, 4.69) is 0 Å². The Hall–Kier alpha value is -1.44. The summed E-state index contributed by atoms with van der Waals surface area (Å²) in [6, 6.07) is 4.17. The molecule has 0 aromatic heterocycles. The van der Waals surface area contributed by atoms with E-state index < -0.39 is 6.43 Å². The van der Waals surface area contributed by atoms with Crippen LogP contribution >= 0.6 is 0 Å². The highest BCUT2D eigenvalue weighted by molar-refractivity contribution is 5.48. The summed E-state index contributed by atoms with van der Waals surface area (Å²) in [7, 11) is 1.60. The summed E-state index contributed by atoms with van der Waals surface area (Å²) in [6.45, 7) is 2.39. The van der Waals surface area contributed by atoms with Gasteiger partial charge in [-0.2, -0.15) is 0 Å². The molecule has 7 heteroatoms. The number of methoxy groups -OCH3 is 1. The zero-order chi connectivity index (χ0) is 15.5. The molecule has 120 valence electrons. The summed E-state index contributed by atoms with van der Waals surface area (Å²) in [5, 5.41) is 0. The number of halogens is 2. The summed E-state index contributed by atoms with van der Waals surface area (Å²) in [5.41, 5.74) is 5.54. The molecule has 1 rings (SSSR count). The van der Waals surface area contributed by atoms with Crippen molar-refractivity contribution < 1.29 is 27.7 Å². The SMILES string of the molecule is COCCOCCOCCOc1ccc(N)cc1C(F)F. The van der Waals surface area contributed by atoms with Gasteiger partial charge >= 0.3 is 0 Å². The van der Waals surface area contributed by atoms with Crippen molar-refractivity contribution in [3.05, 3.63) is 23.8 Å². The molecule has 0 spiro atoms. The van der Waals surface area contributed by atoms with E-state index in [4.69, 9.17) is 24.7 Å². The zero-order valence-corrected chi connectivity index (χ0v) is 12.0. The quantitative estimate of drug-likeness (QED) is 0.502. The molecule has 0 unspecified atom stereocenters. The Kier molecular flexibility index (Phi) is 8.65. The zero-order valence-electron chi connectivity index (χ0n) is 12.0. The Morgan fingerprint density at radius 1 is 1.00 bits per heavy atom. The van der Waals surface area contributed by atoms with Crippen molar-refractivity contribution in [2.24, 2.45) is 0 Å². The van der Waals surface area contributed by atoms with E-state index in [1.54, 1.807) is 7.11 Å². The van der Waals surface area contributed by atoms with E-state index in [0.29, 0.717) is 33.0 Å². The number of hydrogen-bond donors (Lipinski definition) is 1. The van der Waals surface area contributed by atoms with Crippen LogP contribution in [0.15, 0.2) is 18.2 Å². The molecule has 0 fully saturated rings. The Morgan fingerprint density at radius 2 is 1.62 bits per heavy atom. The molecule has 2 N–H and O–H groups in total. The van der Waals surface area contributed by atoms with Crippen molar-refractivity contribution in [1.82, 2.24) is 0 Å². The van der Waals surface area contributed by atoms with Crippen molar-refractivity contribution in [3.8, 4) is 5.75 Å². The van der Waals surface area contributed by atoms with E-state index in [1.807, 2.05) is 0 Å². The van der Waals surface area contributed by atoms with Gasteiger partial charge in [0, 0.05) is 12.8 Å². The minimum Gasteiger partial charge on any atom is -0.491 e. The van der Waals surface area contributed by atoms with Gasteiger partial charge in [-0.1, -0.05) is 0 Å². The number of anilines is 1. The highest BCUT2D eigenvalue weighted by Crippen LogP contribution is 2.30. The maximum absolute atomic E-state index is 12.8. The highest BCUT2D eigenvalue weighted by Gasteiger charge is 2.14. The van der Waals surface area contributed by atoms with E-state index in [-0.39, 0.29) is 23.6 Å². The lowest BCUT2D eigenvalue weighted by atomic mass is 10.2. The molecule has 0 saturated carbocycles. The van der Waals surface area contributed by atoms with Gasteiger partial charge in [-0.05, 0) is 18.2 Å². The molecule has 5 nitrogen and oxygen atoms in total. The van der Waals surface area contributed by atoms with Gasteiger partial charge in [0.15, 0.2) is 0 Å². The molecule has 0 amide bonds. The van der Waals surface area contributed by atoms with Crippen LogP contribution in [0.3, 0.4) is 0 Å². The first kappa shape index (κ1) is 17.6. The summed E-state index contributed by atoms with van der Waals surface area (Å²) >= 11 is 0. The fourth-order valence-corrected chi connectivity index (χ4v) is 1.54. The second-order valence-corrected chi connectivity index (χ2v) is 4.16. The molecule has 0 atom stereocenters. The second-order valence-electron chi connectivity index (χ2n) is 4.16. The van der Waals surface area contributed by atoms with Crippen LogP contribution in [0.2, 0.25) is 0 Å². The fourth-order valence-electron chi connectivity index (χ4n) is 1.54. The molecule has 0 bridgehead atoms. The fraction of sp³-hybridized carbons (Fsp3) is 0.571. The number of nitrogen functional groups attached to an aromatic ring is 1. The van der Waals surface area contributed by atoms with Crippen LogP contribution in [-0.4, -0.2) is 46.8 Å². The number of alkyl halides is 2. The van der Waals surface area contributed by atoms with Crippen LogP contribution in [0.4, 0.5) is 14.5 Å². The van der Waals surface area contributed by atoms with Gasteiger partial charge in [0.25, 0.3) is 6.43 Å². The molecule has 0 heterocycles. The van der Waals surface area contributed by atoms with Crippen LogP contribution in [0.5, 0.6) is 5.75 Å². The minimum atomic E-state index is -2.63. The van der Waals surface area contributed by atoms with Crippen molar-refractivity contribution in [2.45, 2.75) is 6.43 Å². The van der Waals surface area contributed by atoms with E-state index in [1.165, 1.54) is 18.2 Å². The number of hydrogen-bond acceptors (Lipinski definition) is 5. The topological polar surface area (TPSA) is 62.9 Å². The lowest BCUT2D eigenvalue weighted by molar-refractivity contribution is 0.0176. The maximum atomic E-state index is 12.8. The number of benzene rings is 1. The van der Waals surface area contributed by atoms with Crippen molar-refractivity contribution in [1.29, 1.82) is 0 Å². The van der Waals surface area contributed by atoms with Crippen LogP contribution < -0.4 is 10.5 Å². The molecule has 1 aromatic rings. The molecule has 0 saturated heterocycles. The van der Waals surface area contributed by atoms with Crippen LogP contribution in [0.25, 0.3) is 0 Å². The van der Waals surface area contributed by atoms with Crippen molar-refractivity contribution in [2.75, 3.05) is 52.5 Å². The van der Waals surface area contributed by atoms with Crippen LogP contribution in [0.1, 0.15) is 12.0 Å². The second kappa shape index (κ2) is 10.3. The Labute approximate surface area is 122 Å². The van der Waals surface area contributed by atoms with E-state index in [0.717, 1.165) is 0 Å². The highest BCUT2D eigenvalue weighted by atomic mass is 19.3. The van der Waals surface area contributed by atoms with Gasteiger partial charge in [0.05, 0.1) is 38.6 Å². The average molecular weight is 305 g/mol. The number of rotatable bonds is 11. The van der Waals surface area contributed by atoms with Gasteiger partial charge in [-0.25, -0.2) is 8.78 Å². The summed E-state index contributed by atoms with van der Waals surface area (Å²) < 4.78 is 46.1. The maximum Gasteiger partial charge on any atom is 0.267 e. The summed E-state index contributed by atoms with van der Waals surface area (Å²) in [4.78, 5) is 0.